The number of hydrogen-bond donors (Lipinski definition) is 1. The summed E-state index contributed by atoms with van der Waals surface area (Å²) in [6.45, 7) is 8.45. The van der Waals surface area contributed by atoms with Gasteiger partial charge in [-0.25, -0.2) is 9.99 Å². The number of hydrazine groups is 1. The zero-order valence-corrected chi connectivity index (χ0v) is 12.3. The Balaban J connectivity index is 2.05. The molecule has 2 rings (SSSR count). The molecule has 0 spiro atoms. The number of nitrogens with zero attached hydrogens (tertiary/aromatic N) is 3. The number of rotatable bonds is 4. The summed E-state index contributed by atoms with van der Waals surface area (Å²) in [4.78, 5) is 8.66. The second kappa shape index (κ2) is 6.19. The Kier molecular flexibility index (Phi) is 4.58. The van der Waals surface area contributed by atoms with Crippen LogP contribution in [0.1, 0.15) is 47.0 Å². The lowest BCUT2D eigenvalue weighted by Crippen LogP contribution is -2.47. The maximum absolute atomic E-state index is 5.59. The molecule has 1 aromatic heterocycles. The number of piperidine rings is 1. The summed E-state index contributed by atoms with van der Waals surface area (Å²) in [5.41, 5.74) is 3.33. The third-order valence-electron chi connectivity index (χ3n) is 3.41. The summed E-state index contributed by atoms with van der Waals surface area (Å²) in [5.74, 6) is 1.23. The van der Waals surface area contributed by atoms with Crippen LogP contribution in [-0.4, -0.2) is 33.2 Å². The van der Waals surface area contributed by atoms with Gasteiger partial charge in [-0.1, -0.05) is 6.42 Å². The first kappa shape index (κ1) is 14.1. The Labute approximate surface area is 115 Å². The zero-order valence-electron chi connectivity index (χ0n) is 12.3. The smallest absolute Gasteiger partial charge is 0.240 e. The zero-order chi connectivity index (χ0) is 13.8. The van der Waals surface area contributed by atoms with E-state index in [4.69, 9.17) is 4.74 Å². The average molecular weight is 264 g/mol. The quantitative estimate of drug-likeness (QED) is 0.906. The molecule has 5 nitrogen and oxygen atoms in total. The minimum Gasteiger partial charge on any atom is -0.475 e. The average Bonchev–Trinajstić information content (AvgIpc) is 2.34. The third-order valence-corrected chi connectivity index (χ3v) is 3.41. The highest BCUT2D eigenvalue weighted by Crippen LogP contribution is 2.22. The fourth-order valence-electron chi connectivity index (χ4n) is 2.46. The summed E-state index contributed by atoms with van der Waals surface area (Å²) in [7, 11) is 0. The van der Waals surface area contributed by atoms with Gasteiger partial charge >= 0.3 is 0 Å². The van der Waals surface area contributed by atoms with Gasteiger partial charge in [0.25, 0.3) is 0 Å². The van der Waals surface area contributed by atoms with Gasteiger partial charge in [0.1, 0.15) is 0 Å². The summed E-state index contributed by atoms with van der Waals surface area (Å²) in [5, 5.41) is 2.25. The second-order valence-electron chi connectivity index (χ2n) is 5.53. The van der Waals surface area contributed by atoms with E-state index in [0.29, 0.717) is 23.9 Å². The van der Waals surface area contributed by atoms with Gasteiger partial charge in [0, 0.05) is 24.3 Å². The van der Waals surface area contributed by atoms with E-state index in [2.05, 4.69) is 34.3 Å². The molecule has 2 atom stereocenters. The molecule has 19 heavy (non-hydrogen) atoms. The number of aromatic nitrogens is 2. The molecule has 5 heteroatoms. The molecule has 0 aliphatic carbocycles. The van der Waals surface area contributed by atoms with Gasteiger partial charge in [0.05, 0.1) is 6.10 Å². The number of ether oxygens (including phenoxy) is 1. The Morgan fingerprint density at radius 3 is 2.63 bits per heavy atom. The van der Waals surface area contributed by atoms with Crippen molar-refractivity contribution < 1.29 is 4.74 Å². The molecule has 1 aromatic rings. The van der Waals surface area contributed by atoms with Crippen molar-refractivity contribution in [2.45, 2.75) is 65.1 Å². The van der Waals surface area contributed by atoms with Crippen LogP contribution in [0.3, 0.4) is 0 Å². The van der Waals surface area contributed by atoms with Crippen LogP contribution in [0.25, 0.3) is 0 Å². The van der Waals surface area contributed by atoms with Crippen LogP contribution in [0.2, 0.25) is 0 Å². The van der Waals surface area contributed by atoms with Gasteiger partial charge in [-0.3, -0.25) is 5.43 Å². The lowest BCUT2D eigenvalue weighted by Gasteiger charge is -2.38. The van der Waals surface area contributed by atoms with E-state index < -0.39 is 0 Å². The van der Waals surface area contributed by atoms with Crippen LogP contribution >= 0.6 is 0 Å². The van der Waals surface area contributed by atoms with Crippen molar-refractivity contribution in [1.82, 2.24) is 15.0 Å². The Bertz CT molecular complexity index is 400. The van der Waals surface area contributed by atoms with E-state index in [1.165, 1.54) is 19.3 Å². The standard InChI is InChI=1S/C14H24N4O/c1-10(2)19-13-8-9-15-14(16-13)17-18-11(3)6-5-7-12(18)4/h8-12H,5-7H2,1-4H3,(H,15,16,17). The number of nitrogens with one attached hydrogen (secondary N) is 1. The van der Waals surface area contributed by atoms with Crippen LogP contribution in [0.15, 0.2) is 12.3 Å². The second-order valence-corrected chi connectivity index (χ2v) is 5.53. The lowest BCUT2D eigenvalue weighted by molar-refractivity contribution is 0.134. The molecule has 0 radical (unpaired) electrons. The van der Waals surface area contributed by atoms with Crippen LogP contribution < -0.4 is 10.2 Å². The van der Waals surface area contributed by atoms with Crippen molar-refractivity contribution in [3.05, 3.63) is 12.3 Å². The van der Waals surface area contributed by atoms with Crippen molar-refractivity contribution in [3.63, 3.8) is 0 Å². The molecule has 0 saturated carbocycles. The molecule has 1 fully saturated rings. The van der Waals surface area contributed by atoms with Gasteiger partial charge in [0.15, 0.2) is 0 Å². The fourth-order valence-corrected chi connectivity index (χ4v) is 2.46. The largest absolute Gasteiger partial charge is 0.475 e. The summed E-state index contributed by atoms with van der Waals surface area (Å²) in [6.07, 6.45) is 5.55. The van der Waals surface area contributed by atoms with Crippen LogP contribution in [0, 0.1) is 0 Å². The van der Waals surface area contributed by atoms with Gasteiger partial charge in [-0.05, 0) is 40.5 Å². The number of hydrogen-bond acceptors (Lipinski definition) is 5. The number of anilines is 1. The fraction of sp³-hybridized carbons (Fsp3) is 0.714. The maximum atomic E-state index is 5.59. The van der Waals surface area contributed by atoms with E-state index in [1.807, 2.05) is 13.8 Å². The minimum atomic E-state index is 0.121. The van der Waals surface area contributed by atoms with Gasteiger partial charge in [-0.2, -0.15) is 4.98 Å². The van der Waals surface area contributed by atoms with E-state index in [1.54, 1.807) is 12.3 Å². The first-order chi connectivity index (χ1) is 9.06. The molecule has 1 saturated heterocycles. The molecule has 1 aliphatic rings. The minimum absolute atomic E-state index is 0.121. The van der Waals surface area contributed by atoms with E-state index in [-0.39, 0.29) is 6.10 Å². The van der Waals surface area contributed by atoms with Crippen molar-refractivity contribution in [1.29, 1.82) is 0 Å². The third kappa shape index (κ3) is 3.80. The van der Waals surface area contributed by atoms with Crippen molar-refractivity contribution >= 4 is 5.95 Å². The molecule has 1 N–H and O–H groups in total. The van der Waals surface area contributed by atoms with E-state index in [0.717, 1.165) is 0 Å². The van der Waals surface area contributed by atoms with Crippen LogP contribution in [-0.2, 0) is 0 Å². The molecule has 0 bridgehead atoms. The Hall–Kier alpha value is -1.36. The van der Waals surface area contributed by atoms with Crippen LogP contribution in [0.4, 0.5) is 5.95 Å². The van der Waals surface area contributed by atoms with E-state index >= 15 is 0 Å². The van der Waals surface area contributed by atoms with Crippen molar-refractivity contribution in [2.24, 2.45) is 0 Å². The van der Waals surface area contributed by atoms with Crippen molar-refractivity contribution in [3.8, 4) is 5.88 Å². The monoisotopic (exact) mass is 264 g/mol. The topological polar surface area (TPSA) is 50.3 Å². The summed E-state index contributed by atoms with van der Waals surface area (Å²) < 4.78 is 5.59. The normalized spacial score (nSPS) is 24.5. The SMILES string of the molecule is CC(C)Oc1ccnc(NN2C(C)CCCC2C)n1. The highest BCUT2D eigenvalue weighted by molar-refractivity contribution is 5.26. The lowest BCUT2D eigenvalue weighted by atomic mass is 10.00. The van der Waals surface area contributed by atoms with Gasteiger partial charge < -0.3 is 4.74 Å². The predicted molar refractivity (Wildman–Crippen MR) is 76.0 cm³/mol. The molecule has 0 amide bonds. The van der Waals surface area contributed by atoms with Crippen LogP contribution in [0.5, 0.6) is 5.88 Å². The molecule has 1 aliphatic heterocycles. The van der Waals surface area contributed by atoms with Crippen molar-refractivity contribution in [2.75, 3.05) is 5.43 Å². The first-order valence-corrected chi connectivity index (χ1v) is 7.11. The first-order valence-electron chi connectivity index (χ1n) is 7.11. The molecular formula is C14H24N4O. The maximum Gasteiger partial charge on any atom is 0.240 e. The highest BCUT2D eigenvalue weighted by Gasteiger charge is 2.25. The Morgan fingerprint density at radius 2 is 2.00 bits per heavy atom. The molecule has 106 valence electrons. The molecular weight excluding hydrogens is 240 g/mol. The Morgan fingerprint density at radius 1 is 1.32 bits per heavy atom. The van der Waals surface area contributed by atoms with E-state index in [9.17, 15) is 0 Å². The van der Waals surface area contributed by atoms with Gasteiger partial charge in [0.2, 0.25) is 11.8 Å². The predicted octanol–water partition coefficient (Wildman–Crippen LogP) is 2.85. The summed E-state index contributed by atoms with van der Waals surface area (Å²) in [6, 6.07) is 2.79. The molecule has 2 unspecified atom stereocenters. The summed E-state index contributed by atoms with van der Waals surface area (Å²) >= 11 is 0. The highest BCUT2D eigenvalue weighted by atomic mass is 16.5. The molecule has 2 heterocycles. The van der Waals surface area contributed by atoms with Gasteiger partial charge in [-0.15, -0.1) is 0 Å². The molecule has 0 aromatic carbocycles.